The molecule has 32 heavy (non-hydrogen) atoms. The third-order valence-corrected chi connectivity index (χ3v) is 6.13. The van der Waals surface area contributed by atoms with Crippen LogP contribution in [0.15, 0.2) is 90.6 Å². The maximum absolute atomic E-state index is 13.6. The maximum atomic E-state index is 13.6. The van der Waals surface area contributed by atoms with Crippen molar-refractivity contribution in [2.24, 2.45) is 0 Å². The number of aryl methyl sites for hydroxylation is 1. The number of carbonyl (C=O) groups is 2. The molecule has 0 atom stereocenters. The van der Waals surface area contributed by atoms with E-state index in [1.54, 1.807) is 12.1 Å². The minimum absolute atomic E-state index is 0.245. The van der Waals surface area contributed by atoms with Crippen molar-refractivity contribution >= 4 is 28.8 Å². The second-order valence-electron chi connectivity index (χ2n) is 8.18. The average molecular weight is 424 g/mol. The monoisotopic (exact) mass is 423 g/mol. The summed E-state index contributed by atoms with van der Waals surface area (Å²) in [5, 5.41) is 0. The van der Waals surface area contributed by atoms with E-state index in [1.807, 2.05) is 67.6 Å². The molecule has 0 radical (unpaired) electrons. The van der Waals surface area contributed by atoms with Gasteiger partial charge in [0.15, 0.2) is 0 Å². The largest absolute Gasteiger partial charge is 0.368 e. The van der Waals surface area contributed by atoms with Crippen LogP contribution in [-0.4, -0.2) is 42.9 Å². The first-order chi connectivity index (χ1) is 15.6. The Balaban J connectivity index is 1.50. The van der Waals surface area contributed by atoms with E-state index in [0.29, 0.717) is 30.0 Å². The number of imide groups is 1. The molecule has 0 aliphatic carbocycles. The molecule has 160 valence electrons. The minimum Gasteiger partial charge on any atom is -0.368 e. The van der Waals surface area contributed by atoms with Crippen LogP contribution in [0.3, 0.4) is 0 Å². The highest BCUT2D eigenvalue weighted by Gasteiger charge is 2.43. The molecule has 0 saturated carbocycles. The van der Waals surface area contributed by atoms with Gasteiger partial charge in [0.1, 0.15) is 5.70 Å². The van der Waals surface area contributed by atoms with Crippen molar-refractivity contribution in [2.75, 3.05) is 36.0 Å². The summed E-state index contributed by atoms with van der Waals surface area (Å²) in [4.78, 5) is 32.9. The highest BCUT2D eigenvalue weighted by atomic mass is 16.2. The van der Waals surface area contributed by atoms with Crippen LogP contribution in [0.25, 0.3) is 5.57 Å². The summed E-state index contributed by atoms with van der Waals surface area (Å²) in [6.07, 6.45) is 0. The average Bonchev–Trinajstić information content (AvgIpc) is 3.10. The quantitative estimate of drug-likeness (QED) is 0.593. The highest BCUT2D eigenvalue weighted by Crippen LogP contribution is 2.35. The van der Waals surface area contributed by atoms with Gasteiger partial charge in [0.25, 0.3) is 11.8 Å². The van der Waals surface area contributed by atoms with Crippen LogP contribution in [-0.2, 0) is 9.59 Å². The first-order valence-electron chi connectivity index (χ1n) is 10.9. The molecule has 5 heteroatoms. The highest BCUT2D eigenvalue weighted by molar-refractivity contribution is 6.45. The summed E-state index contributed by atoms with van der Waals surface area (Å²) in [5.74, 6) is -0.504. The van der Waals surface area contributed by atoms with Crippen LogP contribution >= 0.6 is 0 Å². The summed E-state index contributed by atoms with van der Waals surface area (Å²) in [6.45, 7) is 4.96. The van der Waals surface area contributed by atoms with Gasteiger partial charge >= 0.3 is 0 Å². The molecule has 3 aromatic rings. The zero-order valence-corrected chi connectivity index (χ0v) is 18.1. The third kappa shape index (κ3) is 3.56. The number of rotatable bonds is 4. The van der Waals surface area contributed by atoms with Gasteiger partial charge in [0.2, 0.25) is 0 Å². The molecule has 0 aromatic heterocycles. The van der Waals surface area contributed by atoms with Gasteiger partial charge in [-0.25, -0.2) is 4.90 Å². The van der Waals surface area contributed by atoms with Gasteiger partial charge in [0, 0.05) is 31.9 Å². The van der Waals surface area contributed by atoms with Crippen molar-refractivity contribution in [3.8, 4) is 0 Å². The molecular formula is C27H25N3O2. The molecule has 5 nitrogen and oxygen atoms in total. The summed E-state index contributed by atoms with van der Waals surface area (Å²) in [6, 6.07) is 27.3. The normalized spacial score (nSPS) is 16.8. The van der Waals surface area contributed by atoms with Crippen LogP contribution in [0.1, 0.15) is 11.1 Å². The lowest BCUT2D eigenvalue weighted by atomic mass is 10.0. The molecule has 1 fully saturated rings. The number of anilines is 2. The standard InChI is InChI=1S/C27H25N3O2/c1-20-12-14-21(15-13-20)24-25(27(32)30(26(24)31)23-10-6-3-7-11-23)29-18-16-28(17-19-29)22-8-4-2-5-9-22/h2-15H,16-19H2,1H3. The zero-order valence-electron chi connectivity index (χ0n) is 18.1. The van der Waals surface area contributed by atoms with E-state index in [9.17, 15) is 9.59 Å². The fourth-order valence-electron chi connectivity index (χ4n) is 4.43. The molecule has 2 aliphatic rings. The predicted octanol–water partition coefficient (Wildman–Crippen LogP) is 4.10. The lowest BCUT2D eigenvalue weighted by Crippen LogP contribution is -2.47. The second kappa shape index (κ2) is 8.35. The van der Waals surface area contributed by atoms with Gasteiger partial charge in [-0.05, 0) is 36.8 Å². The summed E-state index contributed by atoms with van der Waals surface area (Å²) < 4.78 is 0. The summed E-state index contributed by atoms with van der Waals surface area (Å²) in [7, 11) is 0. The van der Waals surface area contributed by atoms with Gasteiger partial charge in [-0.15, -0.1) is 0 Å². The Morgan fingerprint density at radius 1 is 0.594 bits per heavy atom. The Hall–Kier alpha value is -3.86. The van der Waals surface area contributed by atoms with Crippen LogP contribution < -0.4 is 9.80 Å². The number of para-hydroxylation sites is 2. The number of amides is 2. The van der Waals surface area contributed by atoms with Crippen LogP contribution in [0.4, 0.5) is 11.4 Å². The van der Waals surface area contributed by atoms with Gasteiger partial charge in [-0.2, -0.15) is 0 Å². The van der Waals surface area contributed by atoms with Crippen LogP contribution in [0.2, 0.25) is 0 Å². The molecule has 2 heterocycles. The lowest BCUT2D eigenvalue weighted by molar-refractivity contribution is -0.120. The number of piperazine rings is 1. The molecule has 5 rings (SSSR count). The Kier molecular flexibility index (Phi) is 5.23. The van der Waals surface area contributed by atoms with E-state index in [2.05, 4.69) is 21.9 Å². The van der Waals surface area contributed by atoms with E-state index in [0.717, 1.165) is 24.2 Å². The number of hydrogen-bond acceptors (Lipinski definition) is 4. The van der Waals surface area contributed by atoms with Crippen molar-refractivity contribution in [1.82, 2.24) is 4.90 Å². The van der Waals surface area contributed by atoms with Gasteiger partial charge in [-0.3, -0.25) is 9.59 Å². The van der Waals surface area contributed by atoms with Gasteiger partial charge < -0.3 is 9.80 Å². The molecular weight excluding hydrogens is 398 g/mol. The maximum Gasteiger partial charge on any atom is 0.282 e. The molecule has 0 unspecified atom stereocenters. The second-order valence-corrected chi connectivity index (χ2v) is 8.18. The van der Waals surface area contributed by atoms with E-state index in [4.69, 9.17) is 0 Å². The summed E-state index contributed by atoms with van der Waals surface area (Å²) in [5.41, 5.74) is 4.68. The van der Waals surface area contributed by atoms with Gasteiger partial charge in [0.05, 0.1) is 11.3 Å². The van der Waals surface area contributed by atoms with Crippen molar-refractivity contribution in [3.63, 3.8) is 0 Å². The Bertz CT molecular complexity index is 1160. The SMILES string of the molecule is Cc1ccc(C2=C(N3CCN(c4ccccc4)CC3)C(=O)N(c3ccccc3)C2=O)cc1. The summed E-state index contributed by atoms with van der Waals surface area (Å²) >= 11 is 0. The van der Waals surface area contributed by atoms with Crippen molar-refractivity contribution in [2.45, 2.75) is 6.92 Å². The smallest absolute Gasteiger partial charge is 0.282 e. The van der Waals surface area contributed by atoms with Crippen LogP contribution in [0, 0.1) is 6.92 Å². The molecule has 0 bridgehead atoms. The fraction of sp³-hybridized carbons (Fsp3) is 0.185. The molecule has 3 aromatic carbocycles. The molecule has 2 aliphatic heterocycles. The van der Waals surface area contributed by atoms with E-state index in [1.165, 1.54) is 10.6 Å². The van der Waals surface area contributed by atoms with Crippen molar-refractivity contribution in [1.29, 1.82) is 0 Å². The number of nitrogens with zero attached hydrogens (tertiary/aromatic N) is 3. The van der Waals surface area contributed by atoms with E-state index >= 15 is 0 Å². The first-order valence-corrected chi connectivity index (χ1v) is 10.9. The Morgan fingerprint density at radius 2 is 1.12 bits per heavy atom. The van der Waals surface area contributed by atoms with Crippen molar-refractivity contribution < 1.29 is 9.59 Å². The molecule has 2 amide bonds. The number of benzene rings is 3. The predicted molar refractivity (Wildman–Crippen MR) is 127 cm³/mol. The van der Waals surface area contributed by atoms with Crippen LogP contribution in [0.5, 0.6) is 0 Å². The zero-order chi connectivity index (χ0) is 22.1. The Labute approximate surface area is 188 Å². The molecule has 0 spiro atoms. The molecule has 0 N–H and O–H groups in total. The minimum atomic E-state index is -0.259. The van der Waals surface area contributed by atoms with Crippen molar-refractivity contribution in [3.05, 3.63) is 102 Å². The fourth-order valence-corrected chi connectivity index (χ4v) is 4.43. The number of carbonyl (C=O) groups excluding carboxylic acids is 2. The number of hydrogen-bond donors (Lipinski definition) is 0. The topological polar surface area (TPSA) is 43.9 Å². The molecule has 1 saturated heterocycles. The van der Waals surface area contributed by atoms with E-state index < -0.39 is 0 Å². The lowest BCUT2D eigenvalue weighted by Gasteiger charge is -2.37. The Morgan fingerprint density at radius 3 is 1.72 bits per heavy atom. The first kappa shape index (κ1) is 20.1. The van der Waals surface area contributed by atoms with Gasteiger partial charge in [-0.1, -0.05) is 66.2 Å². The third-order valence-electron chi connectivity index (χ3n) is 6.13. The van der Waals surface area contributed by atoms with E-state index in [-0.39, 0.29) is 11.8 Å².